The van der Waals surface area contributed by atoms with Crippen LogP contribution in [0, 0.1) is 5.82 Å². The lowest BCUT2D eigenvalue weighted by Gasteiger charge is -2.34. The van der Waals surface area contributed by atoms with E-state index in [2.05, 4.69) is 5.32 Å². The molecule has 0 saturated carbocycles. The van der Waals surface area contributed by atoms with Gasteiger partial charge >= 0.3 is 6.09 Å². The van der Waals surface area contributed by atoms with Gasteiger partial charge in [0.25, 0.3) is 0 Å². The molecule has 31 heavy (non-hydrogen) atoms. The molecule has 8 heteroatoms. The molecule has 0 radical (unpaired) electrons. The fourth-order valence-electron chi connectivity index (χ4n) is 3.21. The Morgan fingerprint density at radius 3 is 2.68 bits per heavy atom. The third-order valence-corrected chi connectivity index (χ3v) is 4.89. The number of nitrogens with zero attached hydrogens (tertiary/aromatic N) is 1. The predicted octanol–water partition coefficient (Wildman–Crippen LogP) is 2.88. The Hall–Kier alpha value is -2.97. The van der Waals surface area contributed by atoms with E-state index in [1.807, 2.05) is 30.3 Å². The first-order chi connectivity index (χ1) is 15.0. The molecule has 2 aromatic carbocycles. The number of rotatable bonds is 8. The number of benzene rings is 2. The van der Waals surface area contributed by atoms with Crippen molar-refractivity contribution in [3.63, 3.8) is 0 Å². The Morgan fingerprint density at radius 1 is 1.16 bits per heavy atom. The number of hydrogen-bond donors (Lipinski definition) is 1. The molecule has 2 aromatic rings. The Morgan fingerprint density at radius 2 is 1.90 bits per heavy atom. The summed E-state index contributed by atoms with van der Waals surface area (Å²) < 4.78 is 30.0. The molecule has 166 valence electrons. The van der Waals surface area contributed by atoms with Crippen LogP contribution in [0.2, 0.25) is 0 Å². The van der Waals surface area contributed by atoms with Crippen LogP contribution in [0.1, 0.15) is 18.1 Å². The summed E-state index contributed by atoms with van der Waals surface area (Å²) in [6, 6.07) is 15.0. The molecule has 1 aliphatic rings. The van der Waals surface area contributed by atoms with E-state index in [1.54, 1.807) is 30.0 Å². The molecule has 2 unspecified atom stereocenters. The van der Waals surface area contributed by atoms with Crippen LogP contribution in [0.3, 0.4) is 0 Å². The van der Waals surface area contributed by atoms with Crippen molar-refractivity contribution in [3.8, 4) is 0 Å². The highest BCUT2D eigenvalue weighted by molar-refractivity contribution is 5.85. The Balaban J connectivity index is 1.40. The lowest BCUT2D eigenvalue weighted by Crippen LogP contribution is -2.53. The standard InChI is InChI=1S/C23H27FN2O5/c1-17(25-23(28)31-14-18-7-3-2-4-8-18)22(27)26-11-12-30-20(13-26)16-29-15-19-9-5-6-10-21(19)24/h2-10,17,20H,11-16H2,1H3,(H,25,28). The normalized spacial score (nSPS) is 17.1. The van der Waals surface area contributed by atoms with Crippen LogP contribution < -0.4 is 5.32 Å². The summed E-state index contributed by atoms with van der Waals surface area (Å²) in [5.74, 6) is -0.540. The van der Waals surface area contributed by atoms with E-state index in [-0.39, 0.29) is 37.6 Å². The number of alkyl carbamates (subject to hydrolysis) is 1. The Bertz CT molecular complexity index is 864. The number of carbonyl (C=O) groups excluding carboxylic acids is 2. The molecule has 0 spiro atoms. The van der Waals surface area contributed by atoms with Crippen LogP contribution in [0.4, 0.5) is 9.18 Å². The number of ether oxygens (including phenoxy) is 3. The van der Waals surface area contributed by atoms with E-state index in [0.29, 0.717) is 25.3 Å². The van der Waals surface area contributed by atoms with Crippen molar-refractivity contribution in [1.82, 2.24) is 10.2 Å². The van der Waals surface area contributed by atoms with E-state index in [4.69, 9.17) is 14.2 Å². The minimum absolute atomic E-state index is 0.131. The van der Waals surface area contributed by atoms with E-state index >= 15 is 0 Å². The van der Waals surface area contributed by atoms with Gasteiger partial charge in [-0.3, -0.25) is 4.79 Å². The third-order valence-electron chi connectivity index (χ3n) is 4.89. The summed E-state index contributed by atoms with van der Waals surface area (Å²) in [6.07, 6.45) is -0.968. The SMILES string of the molecule is CC(NC(=O)OCc1ccccc1)C(=O)N1CCOC(COCc2ccccc2F)C1. The number of nitrogens with one attached hydrogen (secondary N) is 1. The molecule has 1 aliphatic heterocycles. The van der Waals surface area contributed by atoms with E-state index < -0.39 is 12.1 Å². The summed E-state index contributed by atoms with van der Waals surface area (Å²) in [5.41, 5.74) is 1.33. The fourth-order valence-corrected chi connectivity index (χ4v) is 3.21. The lowest BCUT2D eigenvalue weighted by molar-refractivity contribution is -0.143. The minimum atomic E-state index is -0.735. The van der Waals surface area contributed by atoms with Gasteiger partial charge in [-0.2, -0.15) is 0 Å². The van der Waals surface area contributed by atoms with Gasteiger partial charge in [0.15, 0.2) is 0 Å². The monoisotopic (exact) mass is 430 g/mol. The average molecular weight is 430 g/mol. The molecule has 1 saturated heterocycles. The molecule has 2 atom stereocenters. The third kappa shape index (κ3) is 7.04. The molecule has 7 nitrogen and oxygen atoms in total. The van der Waals surface area contributed by atoms with Crippen LogP contribution in [-0.2, 0) is 32.2 Å². The Labute approximate surface area is 181 Å². The zero-order chi connectivity index (χ0) is 22.1. The quantitative estimate of drug-likeness (QED) is 0.697. The van der Waals surface area contributed by atoms with Gasteiger partial charge in [0.1, 0.15) is 18.5 Å². The van der Waals surface area contributed by atoms with Gasteiger partial charge in [0, 0.05) is 18.7 Å². The molecule has 2 amide bonds. The van der Waals surface area contributed by atoms with Crippen molar-refractivity contribution in [2.24, 2.45) is 0 Å². The highest BCUT2D eigenvalue weighted by atomic mass is 19.1. The van der Waals surface area contributed by atoms with Crippen molar-refractivity contribution in [1.29, 1.82) is 0 Å². The van der Waals surface area contributed by atoms with Gasteiger partial charge in [-0.25, -0.2) is 9.18 Å². The maximum absolute atomic E-state index is 13.7. The second-order valence-electron chi connectivity index (χ2n) is 7.31. The van der Waals surface area contributed by atoms with Crippen molar-refractivity contribution in [3.05, 3.63) is 71.5 Å². The fraction of sp³-hybridized carbons (Fsp3) is 0.391. The first-order valence-electron chi connectivity index (χ1n) is 10.2. The van der Waals surface area contributed by atoms with E-state index in [0.717, 1.165) is 5.56 Å². The topological polar surface area (TPSA) is 77.1 Å². The van der Waals surface area contributed by atoms with Gasteiger partial charge in [0.05, 0.1) is 25.9 Å². The summed E-state index contributed by atoms with van der Waals surface area (Å²) in [6.45, 7) is 3.24. The number of amides is 2. The first kappa shape index (κ1) is 22.7. The second kappa shape index (κ2) is 11.4. The van der Waals surface area contributed by atoms with Crippen molar-refractivity contribution < 1.29 is 28.2 Å². The zero-order valence-electron chi connectivity index (χ0n) is 17.5. The van der Waals surface area contributed by atoms with Gasteiger partial charge in [-0.1, -0.05) is 48.5 Å². The number of hydrogen-bond acceptors (Lipinski definition) is 5. The Kier molecular flexibility index (Phi) is 8.37. The molecule has 0 aliphatic carbocycles. The van der Waals surface area contributed by atoms with Gasteiger partial charge in [0.2, 0.25) is 5.91 Å². The summed E-state index contributed by atoms with van der Waals surface area (Å²) in [4.78, 5) is 26.3. The number of morpholine rings is 1. The first-order valence-corrected chi connectivity index (χ1v) is 10.2. The van der Waals surface area contributed by atoms with Crippen LogP contribution in [-0.4, -0.2) is 55.3 Å². The smallest absolute Gasteiger partial charge is 0.408 e. The molecule has 1 fully saturated rings. The van der Waals surface area contributed by atoms with Crippen LogP contribution in [0.15, 0.2) is 54.6 Å². The largest absolute Gasteiger partial charge is 0.445 e. The number of carbonyl (C=O) groups is 2. The van der Waals surface area contributed by atoms with Gasteiger partial charge in [-0.15, -0.1) is 0 Å². The second-order valence-corrected chi connectivity index (χ2v) is 7.31. The molecular formula is C23H27FN2O5. The highest BCUT2D eigenvalue weighted by Crippen LogP contribution is 2.11. The van der Waals surface area contributed by atoms with Crippen molar-refractivity contribution >= 4 is 12.0 Å². The molecular weight excluding hydrogens is 403 g/mol. The van der Waals surface area contributed by atoms with Crippen LogP contribution in [0.25, 0.3) is 0 Å². The summed E-state index contributed by atoms with van der Waals surface area (Å²) in [7, 11) is 0. The maximum Gasteiger partial charge on any atom is 0.408 e. The average Bonchev–Trinajstić information content (AvgIpc) is 2.79. The molecule has 1 heterocycles. The molecule has 1 N–H and O–H groups in total. The van der Waals surface area contributed by atoms with E-state index in [9.17, 15) is 14.0 Å². The van der Waals surface area contributed by atoms with Crippen LogP contribution in [0.5, 0.6) is 0 Å². The van der Waals surface area contributed by atoms with Crippen molar-refractivity contribution in [2.75, 3.05) is 26.3 Å². The predicted molar refractivity (Wildman–Crippen MR) is 112 cm³/mol. The number of halogens is 1. The molecule has 0 aromatic heterocycles. The summed E-state index contributed by atoms with van der Waals surface area (Å²) >= 11 is 0. The molecule has 3 rings (SSSR count). The summed E-state index contributed by atoms with van der Waals surface area (Å²) in [5, 5.41) is 2.57. The van der Waals surface area contributed by atoms with E-state index in [1.165, 1.54) is 6.07 Å². The van der Waals surface area contributed by atoms with Gasteiger partial charge in [-0.05, 0) is 18.6 Å². The molecule has 0 bridgehead atoms. The highest BCUT2D eigenvalue weighted by Gasteiger charge is 2.28. The zero-order valence-corrected chi connectivity index (χ0v) is 17.5. The van der Waals surface area contributed by atoms with Crippen molar-refractivity contribution in [2.45, 2.75) is 32.3 Å². The maximum atomic E-state index is 13.7. The van der Waals surface area contributed by atoms with Gasteiger partial charge < -0.3 is 24.4 Å². The van der Waals surface area contributed by atoms with Crippen LogP contribution >= 0.6 is 0 Å². The lowest BCUT2D eigenvalue weighted by atomic mass is 10.2. The minimum Gasteiger partial charge on any atom is -0.445 e.